The summed E-state index contributed by atoms with van der Waals surface area (Å²) in [4.78, 5) is 24.3. The molecular formula is C24H35NO6. The van der Waals surface area contributed by atoms with Crippen molar-refractivity contribution < 1.29 is 28.5 Å². The quantitative estimate of drug-likeness (QED) is 0.408. The molecule has 2 saturated carbocycles. The lowest BCUT2D eigenvalue weighted by molar-refractivity contribution is -0.259. The minimum atomic E-state index is -0.427. The molecule has 0 spiro atoms. The molecule has 4 rings (SSSR count). The van der Waals surface area contributed by atoms with Crippen molar-refractivity contribution in [3.8, 4) is 0 Å². The summed E-state index contributed by atoms with van der Waals surface area (Å²) in [5.41, 5.74) is 1.85. The third-order valence-corrected chi connectivity index (χ3v) is 8.26. The molecule has 0 aromatic rings. The lowest BCUT2D eigenvalue weighted by Crippen LogP contribution is -2.60. The van der Waals surface area contributed by atoms with Crippen LogP contribution in [0, 0.1) is 22.7 Å². The van der Waals surface area contributed by atoms with E-state index >= 15 is 0 Å². The van der Waals surface area contributed by atoms with Crippen molar-refractivity contribution in [2.75, 3.05) is 33.7 Å². The first-order valence-electron chi connectivity index (χ1n) is 11.3. The zero-order valence-corrected chi connectivity index (χ0v) is 18.9. The Kier molecular flexibility index (Phi) is 6.30. The highest BCUT2D eigenvalue weighted by Crippen LogP contribution is 2.62. The molecule has 4 fully saturated rings. The summed E-state index contributed by atoms with van der Waals surface area (Å²) in [6, 6.07) is -0.427. The monoisotopic (exact) mass is 433 g/mol. The van der Waals surface area contributed by atoms with E-state index in [0.29, 0.717) is 18.3 Å². The van der Waals surface area contributed by atoms with Gasteiger partial charge < -0.3 is 24.3 Å². The van der Waals surface area contributed by atoms with Crippen LogP contribution >= 0.6 is 0 Å². The normalized spacial score (nSPS) is 41.5. The predicted molar refractivity (Wildman–Crippen MR) is 114 cm³/mol. The van der Waals surface area contributed by atoms with Crippen molar-refractivity contribution in [1.29, 1.82) is 0 Å². The Morgan fingerprint density at radius 2 is 2.13 bits per heavy atom. The van der Waals surface area contributed by atoms with Crippen LogP contribution in [0.2, 0.25) is 0 Å². The highest BCUT2D eigenvalue weighted by molar-refractivity contribution is 5.93. The van der Waals surface area contributed by atoms with Crippen LogP contribution in [0.15, 0.2) is 23.8 Å². The fraction of sp³-hybridized carbons (Fsp3) is 0.750. The number of amides is 1. The fourth-order valence-corrected chi connectivity index (χ4v) is 6.70. The maximum atomic E-state index is 12.4. The number of esters is 1. The highest BCUT2D eigenvalue weighted by Gasteiger charge is 2.59. The number of allylic oxidation sites excluding steroid dienone is 2. The summed E-state index contributed by atoms with van der Waals surface area (Å²) < 4.78 is 21.9. The summed E-state index contributed by atoms with van der Waals surface area (Å²) in [6.45, 7) is 10.4. The van der Waals surface area contributed by atoms with Crippen LogP contribution in [-0.2, 0) is 28.5 Å². The van der Waals surface area contributed by atoms with Gasteiger partial charge in [0, 0.05) is 12.5 Å². The molecule has 0 aromatic heterocycles. The third-order valence-electron chi connectivity index (χ3n) is 8.26. The van der Waals surface area contributed by atoms with Crippen LogP contribution in [0.1, 0.15) is 46.0 Å². The van der Waals surface area contributed by atoms with Crippen LogP contribution in [-0.4, -0.2) is 57.7 Å². The number of carbonyl (C=O) groups is 2. The summed E-state index contributed by atoms with van der Waals surface area (Å²) >= 11 is 0. The van der Waals surface area contributed by atoms with Crippen LogP contribution in [0.3, 0.4) is 0 Å². The van der Waals surface area contributed by atoms with Crippen molar-refractivity contribution >= 4 is 11.9 Å². The summed E-state index contributed by atoms with van der Waals surface area (Å²) in [6.07, 6.45) is 7.10. The predicted octanol–water partition coefficient (Wildman–Crippen LogP) is 2.75. The topological polar surface area (TPSA) is 83.1 Å². The molecule has 1 amide bonds. The molecule has 172 valence electrons. The summed E-state index contributed by atoms with van der Waals surface area (Å²) in [7, 11) is 1.47. The smallest absolute Gasteiger partial charge is 0.336 e. The number of hydrogen-bond donors (Lipinski definition) is 1. The van der Waals surface area contributed by atoms with Gasteiger partial charge in [-0.05, 0) is 49.4 Å². The second-order valence-corrected chi connectivity index (χ2v) is 10.0. The molecule has 0 radical (unpaired) electrons. The van der Waals surface area contributed by atoms with Gasteiger partial charge in [-0.1, -0.05) is 32.1 Å². The van der Waals surface area contributed by atoms with E-state index in [9.17, 15) is 9.59 Å². The summed E-state index contributed by atoms with van der Waals surface area (Å²) in [5, 5.41) is 2.83. The Balaban J connectivity index is 1.55. The van der Waals surface area contributed by atoms with E-state index in [1.807, 2.05) is 6.08 Å². The number of ether oxygens (including phenoxy) is 4. The molecular weight excluding hydrogens is 398 g/mol. The molecule has 2 aliphatic heterocycles. The van der Waals surface area contributed by atoms with Gasteiger partial charge >= 0.3 is 5.97 Å². The first kappa shape index (κ1) is 22.5. The number of fused-ring (bicyclic) bond motifs is 3. The van der Waals surface area contributed by atoms with Crippen LogP contribution in [0.25, 0.3) is 0 Å². The molecule has 6 atom stereocenters. The van der Waals surface area contributed by atoms with Crippen molar-refractivity contribution in [3.05, 3.63) is 23.8 Å². The Morgan fingerprint density at radius 1 is 1.32 bits per heavy atom. The van der Waals surface area contributed by atoms with Gasteiger partial charge in [0.2, 0.25) is 5.91 Å². The highest BCUT2D eigenvalue weighted by atomic mass is 16.7. The first-order valence-corrected chi connectivity index (χ1v) is 11.3. The average molecular weight is 434 g/mol. The van der Waals surface area contributed by atoms with Gasteiger partial charge in [-0.2, -0.15) is 0 Å². The van der Waals surface area contributed by atoms with Gasteiger partial charge in [0.05, 0.1) is 24.3 Å². The van der Waals surface area contributed by atoms with Gasteiger partial charge in [0.15, 0.2) is 0 Å². The largest absolute Gasteiger partial charge is 0.460 e. The molecule has 7 heteroatoms. The SMILES string of the molecule is C=C1CC[C@@H]2[C@]3(C)COCO[C@@H]3CC[C@@]2(C)[C@@H]1C/C=C1/C(=O)OCC1NC(=O)COC. The second-order valence-electron chi connectivity index (χ2n) is 10.0. The molecule has 2 aliphatic carbocycles. The Labute approximate surface area is 184 Å². The van der Waals surface area contributed by atoms with E-state index in [2.05, 4.69) is 25.7 Å². The lowest BCUT2D eigenvalue weighted by atomic mass is 9.46. The number of cyclic esters (lactones) is 1. The molecule has 2 heterocycles. The molecule has 1 unspecified atom stereocenters. The third kappa shape index (κ3) is 3.96. The van der Waals surface area contributed by atoms with Crippen LogP contribution in [0.5, 0.6) is 0 Å². The van der Waals surface area contributed by atoms with Crippen LogP contribution in [0.4, 0.5) is 0 Å². The Morgan fingerprint density at radius 3 is 2.90 bits per heavy atom. The zero-order valence-electron chi connectivity index (χ0n) is 18.9. The van der Waals surface area contributed by atoms with Gasteiger partial charge in [0.1, 0.15) is 20.0 Å². The van der Waals surface area contributed by atoms with E-state index in [1.165, 1.54) is 12.7 Å². The van der Waals surface area contributed by atoms with E-state index in [0.717, 1.165) is 38.7 Å². The molecule has 0 bridgehead atoms. The van der Waals surface area contributed by atoms with Crippen molar-refractivity contribution in [3.63, 3.8) is 0 Å². The molecule has 0 aromatic carbocycles. The van der Waals surface area contributed by atoms with Gasteiger partial charge in [-0.25, -0.2) is 4.79 Å². The molecule has 1 N–H and O–H groups in total. The Hall–Kier alpha value is -1.70. The van der Waals surface area contributed by atoms with E-state index in [4.69, 9.17) is 18.9 Å². The number of hydrogen-bond acceptors (Lipinski definition) is 6. The minimum absolute atomic E-state index is 0.000292. The van der Waals surface area contributed by atoms with Gasteiger partial charge in [0.25, 0.3) is 0 Å². The van der Waals surface area contributed by atoms with E-state index in [-0.39, 0.29) is 47.9 Å². The van der Waals surface area contributed by atoms with Gasteiger partial charge in [-0.3, -0.25) is 4.79 Å². The summed E-state index contributed by atoms with van der Waals surface area (Å²) in [5.74, 6) is 0.132. The number of rotatable bonds is 5. The van der Waals surface area contributed by atoms with E-state index in [1.54, 1.807) is 0 Å². The maximum Gasteiger partial charge on any atom is 0.336 e. The van der Waals surface area contributed by atoms with Crippen LogP contribution < -0.4 is 5.32 Å². The number of methoxy groups -OCH3 is 1. The zero-order chi connectivity index (χ0) is 22.2. The average Bonchev–Trinajstić information content (AvgIpc) is 3.06. The van der Waals surface area contributed by atoms with Crippen molar-refractivity contribution in [1.82, 2.24) is 5.32 Å². The molecule has 4 aliphatic rings. The minimum Gasteiger partial charge on any atom is -0.460 e. The lowest BCUT2D eigenvalue weighted by Gasteiger charge is -2.61. The fourth-order valence-electron chi connectivity index (χ4n) is 6.70. The second kappa shape index (κ2) is 8.68. The van der Waals surface area contributed by atoms with Crippen molar-refractivity contribution in [2.24, 2.45) is 22.7 Å². The Bertz CT molecular complexity index is 778. The standard InChI is InChI=1S/C24H35NO6/c1-15-5-8-19-23(2,10-9-20-24(19,3)13-29-14-31-20)17(15)7-6-16-18(11-30-22(16)27)25-21(26)12-28-4/h6,17-20H,1,5,7-14H2,2-4H3,(H,25,26)/b16-6+/t17-,18?,19+,20-,23+,24+/m1/s1. The van der Waals surface area contributed by atoms with Crippen molar-refractivity contribution in [2.45, 2.75) is 58.1 Å². The number of carbonyl (C=O) groups excluding carboxylic acids is 2. The molecule has 7 nitrogen and oxygen atoms in total. The molecule has 31 heavy (non-hydrogen) atoms. The number of nitrogens with one attached hydrogen (secondary N) is 1. The maximum absolute atomic E-state index is 12.4. The molecule has 2 saturated heterocycles. The first-order chi connectivity index (χ1) is 14.8. The van der Waals surface area contributed by atoms with E-state index < -0.39 is 6.04 Å². The van der Waals surface area contributed by atoms with Gasteiger partial charge in [-0.15, -0.1) is 0 Å².